The highest BCUT2D eigenvalue weighted by molar-refractivity contribution is 7.00. The summed E-state index contributed by atoms with van der Waals surface area (Å²) in [5, 5.41) is 11.8. The Hall–Kier alpha value is -5.46. The van der Waals surface area contributed by atoms with E-state index in [1.165, 1.54) is 7.11 Å². The molecule has 12 heteroatoms. The van der Waals surface area contributed by atoms with Crippen molar-refractivity contribution in [1.29, 1.82) is 0 Å². The molecule has 0 amide bonds. The quantitative estimate of drug-likeness (QED) is 0.148. The lowest BCUT2D eigenvalue weighted by Gasteiger charge is -2.26. The Bertz CT molecular complexity index is 1940. The predicted octanol–water partition coefficient (Wildman–Crippen LogP) is 5.63. The number of ether oxygens (including phenoxy) is 6. The highest BCUT2D eigenvalue weighted by atomic mass is 32.1. The maximum absolute atomic E-state index is 13.2. The molecule has 0 saturated carbocycles. The number of aliphatic hydroxyl groups is 1. The van der Waals surface area contributed by atoms with E-state index in [0.29, 0.717) is 56.5 Å². The van der Waals surface area contributed by atoms with Crippen LogP contribution in [-0.2, 0) is 21.7 Å². The van der Waals surface area contributed by atoms with E-state index in [1.54, 1.807) is 95.2 Å². The van der Waals surface area contributed by atoms with Gasteiger partial charge >= 0.3 is 5.97 Å². The van der Waals surface area contributed by atoms with Gasteiger partial charge in [-0.25, -0.2) is 4.79 Å². The number of esters is 1. The smallest absolute Gasteiger partial charge is 0.342 e. The van der Waals surface area contributed by atoms with Gasteiger partial charge < -0.3 is 33.5 Å². The van der Waals surface area contributed by atoms with Crippen molar-refractivity contribution in [2.45, 2.75) is 12.2 Å². The van der Waals surface area contributed by atoms with Crippen LogP contribution >= 0.6 is 11.7 Å². The first kappa shape index (κ1) is 32.9. The van der Waals surface area contributed by atoms with Crippen LogP contribution in [0.1, 0.15) is 27.0 Å². The number of aldehydes is 1. The predicted molar refractivity (Wildman–Crippen MR) is 176 cm³/mol. The molecule has 1 aliphatic rings. The van der Waals surface area contributed by atoms with Gasteiger partial charge in [0.25, 0.3) is 5.79 Å². The third-order valence-electron chi connectivity index (χ3n) is 7.55. The number of rotatable bonds is 10. The lowest BCUT2D eigenvalue weighted by atomic mass is 9.88. The van der Waals surface area contributed by atoms with E-state index in [-0.39, 0.29) is 12.0 Å². The average molecular weight is 657 g/mol. The van der Waals surface area contributed by atoms with Crippen LogP contribution in [-0.4, -0.2) is 61.7 Å². The summed E-state index contributed by atoms with van der Waals surface area (Å²) >= 11 is 1.10. The van der Waals surface area contributed by atoms with Crippen LogP contribution in [0.2, 0.25) is 0 Å². The molecule has 0 bridgehead atoms. The van der Waals surface area contributed by atoms with Crippen molar-refractivity contribution in [1.82, 2.24) is 8.75 Å². The Balaban J connectivity index is 0.000000305. The molecule has 0 spiro atoms. The minimum Gasteiger partial charge on any atom is -0.497 e. The molecule has 1 atom stereocenters. The molecule has 0 aliphatic carbocycles. The van der Waals surface area contributed by atoms with Gasteiger partial charge in [0.1, 0.15) is 23.1 Å². The van der Waals surface area contributed by atoms with E-state index >= 15 is 0 Å². The number of aromatic nitrogens is 2. The third-order valence-corrected chi connectivity index (χ3v) is 8.11. The van der Waals surface area contributed by atoms with Crippen LogP contribution < -0.4 is 23.7 Å². The van der Waals surface area contributed by atoms with Crippen LogP contribution in [0.25, 0.3) is 16.6 Å². The Morgan fingerprint density at radius 2 is 1.38 bits per heavy atom. The van der Waals surface area contributed by atoms with Crippen molar-refractivity contribution in [3.63, 3.8) is 0 Å². The van der Waals surface area contributed by atoms with E-state index < -0.39 is 11.8 Å². The van der Waals surface area contributed by atoms with Crippen LogP contribution in [0.15, 0.2) is 84.4 Å². The summed E-state index contributed by atoms with van der Waals surface area (Å²) < 4.78 is 40.2. The molecule has 1 N–H and O–H groups in total. The Morgan fingerprint density at radius 3 is 2.02 bits per heavy atom. The molecule has 11 nitrogen and oxygen atoms in total. The zero-order valence-corrected chi connectivity index (χ0v) is 27.1. The van der Waals surface area contributed by atoms with Crippen LogP contribution in [0.3, 0.4) is 0 Å². The summed E-state index contributed by atoms with van der Waals surface area (Å²) in [6.45, 7) is 0. The molecule has 5 aromatic rings. The number of carbonyl (C=O) groups is 2. The standard InChI is InChI=1S/C26H22N2O6S.C9H10O3/c1-31-18-8-6-17(7-9-18)26(30)19(12-15-4-11-22(32-2)23(13-15)33-3)24(25(29)34-26)16-5-10-20-21(14-16)28-35-27-20;1-11-8-4-3-7(6-10)5-9(8)12-2/h4-11,13-14,30H,12H2,1-3H3;3-6H,1-2H3. The lowest BCUT2D eigenvalue weighted by molar-refractivity contribution is -0.185. The Morgan fingerprint density at radius 1 is 0.745 bits per heavy atom. The van der Waals surface area contributed by atoms with E-state index in [0.717, 1.165) is 29.1 Å². The minimum atomic E-state index is -1.97. The molecule has 2 heterocycles. The average Bonchev–Trinajstić information content (AvgIpc) is 3.69. The van der Waals surface area contributed by atoms with Gasteiger partial charge in [-0.15, -0.1) is 0 Å². The second kappa shape index (κ2) is 14.3. The first-order valence-electron chi connectivity index (χ1n) is 14.2. The lowest BCUT2D eigenvalue weighted by Crippen LogP contribution is -2.29. The maximum atomic E-state index is 13.2. The van der Waals surface area contributed by atoms with E-state index in [2.05, 4.69) is 8.75 Å². The summed E-state index contributed by atoms with van der Waals surface area (Å²) in [6.07, 6.45) is 0.985. The maximum Gasteiger partial charge on any atom is 0.342 e. The van der Waals surface area contributed by atoms with E-state index in [1.807, 2.05) is 12.1 Å². The topological polar surface area (TPSA) is 136 Å². The van der Waals surface area contributed by atoms with Crippen molar-refractivity contribution in [2.75, 3.05) is 35.5 Å². The van der Waals surface area contributed by atoms with Crippen molar-refractivity contribution in [2.24, 2.45) is 0 Å². The molecule has 4 aromatic carbocycles. The van der Waals surface area contributed by atoms with Gasteiger partial charge in [-0.1, -0.05) is 12.1 Å². The fourth-order valence-corrected chi connectivity index (χ4v) is 5.67. The first-order valence-corrected chi connectivity index (χ1v) is 15.0. The molecule has 1 aromatic heterocycles. The SMILES string of the molecule is COc1ccc(C2(O)OC(=O)C(c3ccc4nsnc4c3)=C2Cc2ccc(OC)c(OC)c2)cc1.COc1ccc(C=O)cc1OC. The molecule has 0 radical (unpaired) electrons. The molecule has 242 valence electrons. The Labute approximate surface area is 275 Å². The largest absolute Gasteiger partial charge is 0.497 e. The number of cyclic esters (lactones) is 1. The van der Waals surface area contributed by atoms with E-state index in [4.69, 9.17) is 28.4 Å². The van der Waals surface area contributed by atoms with Gasteiger partial charge in [-0.2, -0.15) is 8.75 Å². The number of hydrogen-bond donors (Lipinski definition) is 1. The highest BCUT2D eigenvalue weighted by Crippen LogP contribution is 2.45. The van der Waals surface area contributed by atoms with Gasteiger partial charge in [0.15, 0.2) is 23.0 Å². The van der Waals surface area contributed by atoms with Crippen molar-refractivity contribution >= 4 is 40.6 Å². The Kier molecular flexibility index (Phi) is 10.0. The number of hydrogen-bond acceptors (Lipinski definition) is 12. The third kappa shape index (κ3) is 6.74. The molecule has 0 saturated heterocycles. The second-order valence-electron chi connectivity index (χ2n) is 10.2. The summed E-state index contributed by atoms with van der Waals surface area (Å²) in [4.78, 5) is 23.6. The fourth-order valence-electron chi connectivity index (χ4n) is 5.15. The second-order valence-corrected chi connectivity index (χ2v) is 10.7. The molecule has 1 unspecified atom stereocenters. The molecular weight excluding hydrogens is 624 g/mol. The van der Waals surface area contributed by atoms with Gasteiger partial charge in [0.05, 0.1) is 52.9 Å². The number of nitrogens with zero attached hydrogens (tertiary/aromatic N) is 2. The normalized spacial score (nSPS) is 15.4. The van der Waals surface area contributed by atoms with Gasteiger partial charge in [0.2, 0.25) is 0 Å². The molecule has 6 rings (SSSR count). The van der Waals surface area contributed by atoms with Gasteiger partial charge in [0, 0.05) is 23.1 Å². The monoisotopic (exact) mass is 656 g/mol. The molecule has 47 heavy (non-hydrogen) atoms. The number of methoxy groups -OCH3 is 5. The van der Waals surface area contributed by atoms with Crippen LogP contribution in [0.4, 0.5) is 0 Å². The van der Waals surface area contributed by atoms with Gasteiger partial charge in [-0.05, 0) is 77.9 Å². The summed E-state index contributed by atoms with van der Waals surface area (Å²) in [6, 6.07) is 22.6. The molecular formula is C35H32N2O9S. The number of benzene rings is 4. The number of carbonyl (C=O) groups excluding carboxylic acids is 2. The van der Waals surface area contributed by atoms with E-state index in [9.17, 15) is 14.7 Å². The van der Waals surface area contributed by atoms with Crippen molar-refractivity contribution in [3.05, 3.63) is 107 Å². The summed E-state index contributed by atoms with van der Waals surface area (Å²) in [5.74, 6) is 0.345. The zero-order chi connectivity index (χ0) is 33.6. The molecule has 0 fully saturated rings. The van der Waals surface area contributed by atoms with Crippen LogP contribution in [0, 0.1) is 0 Å². The highest BCUT2D eigenvalue weighted by Gasteiger charge is 2.48. The zero-order valence-electron chi connectivity index (χ0n) is 26.3. The van der Waals surface area contributed by atoms with Crippen molar-refractivity contribution in [3.8, 4) is 28.7 Å². The van der Waals surface area contributed by atoms with Crippen molar-refractivity contribution < 1.29 is 43.1 Å². The van der Waals surface area contributed by atoms with Crippen LogP contribution in [0.5, 0.6) is 28.7 Å². The number of fused-ring (bicyclic) bond motifs is 1. The summed E-state index contributed by atoms with van der Waals surface area (Å²) in [5.41, 5.74) is 4.47. The van der Waals surface area contributed by atoms with Gasteiger partial charge in [-0.3, -0.25) is 4.79 Å². The summed E-state index contributed by atoms with van der Waals surface area (Å²) in [7, 11) is 7.76. The molecule has 1 aliphatic heterocycles. The minimum absolute atomic E-state index is 0.220. The first-order chi connectivity index (χ1) is 22.8. The fraction of sp³-hybridized carbons (Fsp3) is 0.200.